The fourth-order valence-electron chi connectivity index (χ4n) is 9.26. The molecule has 0 spiro atoms. The van der Waals surface area contributed by atoms with Gasteiger partial charge >= 0.3 is 509 Å². The van der Waals surface area contributed by atoms with Gasteiger partial charge in [-0.1, -0.05) is 0 Å². The molecular weight excluding hydrogens is 1550 g/mol. The molecule has 4 radical (unpaired) electrons. The second-order valence-corrected chi connectivity index (χ2v) is 46.2. The van der Waals surface area contributed by atoms with Crippen LogP contribution in [0.3, 0.4) is 0 Å². The summed E-state index contributed by atoms with van der Waals surface area (Å²) in [7, 11) is 0. The monoisotopic (exact) mass is 1610 g/mol. The van der Waals surface area contributed by atoms with E-state index < -0.39 is 80.8 Å². The van der Waals surface area contributed by atoms with E-state index in [9.17, 15) is 0 Å². The van der Waals surface area contributed by atoms with E-state index in [0.717, 1.165) is 0 Å². The molecule has 0 atom stereocenters. The fraction of sp³-hybridized carbons (Fsp3) is 0. The molecular formula is C72H64AuSb4+. The van der Waals surface area contributed by atoms with Gasteiger partial charge < -0.3 is 0 Å². The number of hydrogen-bond donors (Lipinski definition) is 0. The topological polar surface area (TPSA) is 0 Å². The van der Waals surface area contributed by atoms with Crippen LogP contribution in [0.1, 0.15) is 0 Å². The first-order valence-electron chi connectivity index (χ1n) is 25.9. The summed E-state index contributed by atoms with van der Waals surface area (Å²) < 4.78 is 18.4. The molecule has 0 saturated heterocycles. The molecule has 382 valence electrons. The molecule has 12 aromatic carbocycles. The van der Waals surface area contributed by atoms with Crippen LogP contribution >= 0.6 is 0 Å². The van der Waals surface area contributed by atoms with E-state index in [4.69, 9.17) is 0 Å². The molecule has 0 nitrogen and oxygen atoms in total. The van der Waals surface area contributed by atoms with E-state index >= 15 is 0 Å². The van der Waals surface area contributed by atoms with Crippen LogP contribution in [0.2, 0.25) is 0 Å². The van der Waals surface area contributed by atoms with Crippen molar-refractivity contribution in [1.29, 1.82) is 0 Å². The van der Waals surface area contributed by atoms with Crippen molar-refractivity contribution >= 4 is 123 Å². The van der Waals surface area contributed by atoms with E-state index in [2.05, 4.69) is 364 Å². The normalized spacial score (nSPS) is 10.4. The van der Waals surface area contributed by atoms with Gasteiger partial charge in [-0.2, -0.15) is 0 Å². The summed E-state index contributed by atoms with van der Waals surface area (Å²) in [6.07, 6.45) is 0. The molecule has 0 aliphatic rings. The predicted molar refractivity (Wildman–Crippen MR) is 342 cm³/mol. The van der Waals surface area contributed by atoms with Crippen LogP contribution in [0.15, 0.2) is 364 Å². The first-order chi connectivity index (χ1) is 37.8. The standard InChI is InChI=1S/12C6H5.Au.4Sb.4H/c12*1-2-4-6-5-3-1;;;;;;;;;/h12*1-5H;;;;;;;;;/q;;;;;;;;;;;;+1;;;;;;;;. The molecule has 0 heterocycles. The van der Waals surface area contributed by atoms with Crippen molar-refractivity contribution in [3.63, 3.8) is 0 Å². The fourth-order valence-corrected chi connectivity index (χ4v) is 38.7. The zero-order valence-electron chi connectivity index (χ0n) is 42.9. The molecule has 0 unspecified atom stereocenters. The Bertz CT molecular complexity index is 2580. The minimum atomic E-state index is -1.98. The van der Waals surface area contributed by atoms with Gasteiger partial charge in [-0.25, -0.2) is 0 Å². The third-order valence-corrected chi connectivity index (χ3v) is 43.9. The van der Waals surface area contributed by atoms with Crippen molar-refractivity contribution in [2.24, 2.45) is 0 Å². The van der Waals surface area contributed by atoms with Crippen molar-refractivity contribution in [1.82, 2.24) is 0 Å². The summed E-state index contributed by atoms with van der Waals surface area (Å²) in [4.78, 5) is 0. The van der Waals surface area contributed by atoms with E-state index in [1.54, 1.807) is 0 Å². The molecule has 0 aliphatic heterocycles. The Morgan fingerprint density at radius 1 is 0.104 bits per heavy atom. The van der Waals surface area contributed by atoms with Crippen molar-refractivity contribution < 1.29 is 22.4 Å². The van der Waals surface area contributed by atoms with E-state index in [0.29, 0.717) is 0 Å². The average molecular weight is 1610 g/mol. The van der Waals surface area contributed by atoms with Gasteiger partial charge in [-0.3, -0.25) is 0 Å². The zero-order chi connectivity index (χ0) is 51.7. The first kappa shape index (κ1) is 57.8. The maximum absolute atomic E-state index is 2.29. The van der Waals surface area contributed by atoms with Crippen molar-refractivity contribution in [3.05, 3.63) is 364 Å². The molecule has 0 fully saturated rings. The molecule has 0 aromatic heterocycles. The van der Waals surface area contributed by atoms with Gasteiger partial charge in [0.1, 0.15) is 0 Å². The summed E-state index contributed by atoms with van der Waals surface area (Å²) in [5.74, 6) is 0. The van der Waals surface area contributed by atoms with Gasteiger partial charge in [0.25, 0.3) is 0 Å². The quantitative estimate of drug-likeness (QED) is 0.110. The Morgan fingerprint density at radius 2 is 0.169 bits per heavy atom. The van der Waals surface area contributed by atoms with Gasteiger partial charge in [-0.15, -0.1) is 0 Å². The average Bonchev–Trinajstić information content (AvgIpc) is 3.51. The maximum atomic E-state index is 2.29. The SMILES string of the molecule is [Au+].c1cc[c]([SbH]([c]2ccccc2)[c]2ccccc2)cc1.c1cc[c]([SbH]([c]2ccccc2)[c]2ccccc2)cc1.c1cc[c]([SbH]([c]2ccccc2)[c]2ccccc2)cc1.c1cc[c]([SbH]([c]2ccccc2)[c]2ccccc2)cc1. The summed E-state index contributed by atoms with van der Waals surface area (Å²) in [5, 5.41) is 0. The molecule has 0 amide bonds. The number of benzene rings is 12. The molecule has 0 N–H and O–H groups in total. The van der Waals surface area contributed by atoms with Crippen LogP contribution in [-0.2, 0) is 22.4 Å². The molecule has 77 heavy (non-hydrogen) atoms. The summed E-state index contributed by atoms with van der Waals surface area (Å²) in [6, 6.07) is 132. The Morgan fingerprint density at radius 3 is 0.234 bits per heavy atom. The summed E-state index contributed by atoms with van der Waals surface area (Å²) >= 11 is -7.93. The van der Waals surface area contributed by atoms with Gasteiger partial charge in [0.05, 0.1) is 0 Å². The molecule has 0 saturated carbocycles. The van der Waals surface area contributed by atoms with Crippen molar-refractivity contribution in [2.75, 3.05) is 0 Å². The minimum absolute atomic E-state index is 0. The zero-order valence-corrected chi connectivity index (χ0v) is 56.5. The van der Waals surface area contributed by atoms with E-state index in [1.165, 1.54) is 42.1 Å². The predicted octanol–water partition coefficient (Wildman–Crippen LogP) is 7.74. The second kappa shape index (κ2) is 32.5. The van der Waals surface area contributed by atoms with E-state index in [1.807, 2.05) is 0 Å². The summed E-state index contributed by atoms with van der Waals surface area (Å²) in [5.41, 5.74) is 0. The summed E-state index contributed by atoms with van der Waals surface area (Å²) in [6.45, 7) is 0. The van der Waals surface area contributed by atoms with Gasteiger partial charge in [0.2, 0.25) is 0 Å². The first-order valence-corrected chi connectivity index (χ1v) is 43.1. The van der Waals surface area contributed by atoms with Crippen LogP contribution in [0.5, 0.6) is 0 Å². The third-order valence-electron chi connectivity index (χ3n) is 12.7. The van der Waals surface area contributed by atoms with Gasteiger partial charge in [-0.05, 0) is 0 Å². The van der Waals surface area contributed by atoms with Gasteiger partial charge in [0.15, 0.2) is 0 Å². The molecule has 0 aliphatic carbocycles. The number of hydrogen-bond acceptors (Lipinski definition) is 0. The second-order valence-electron chi connectivity index (χ2n) is 17.9. The van der Waals surface area contributed by atoms with Crippen LogP contribution in [0.25, 0.3) is 0 Å². The van der Waals surface area contributed by atoms with Crippen LogP contribution < -0.4 is 42.1 Å². The van der Waals surface area contributed by atoms with E-state index in [-0.39, 0.29) is 22.4 Å². The molecule has 12 aromatic rings. The molecule has 12 rings (SSSR count). The van der Waals surface area contributed by atoms with Crippen LogP contribution in [0, 0.1) is 0 Å². The Kier molecular flexibility index (Phi) is 24.4. The van der Waals surface area contributed by atoms with Gasteiger partial charge in [0, 0.05) is 0 Å². The van der Waals surface area contributed by atoms with Crippen molar-refractivity contribution in [3.8, 4) is 0 Å². The third kappa shape index (κ3) is 17.3. The molecule has 5 heteroatoms. The van der Waals surface area contributed by atoms with Crippen molar-refractivity contribution in [2.45, 2.75) is 0 Å². The van der Waals surface area contributed by atoms with Crippen LogP contribution in [0.4, 0.5) is 0 Å². The van der Waals surface area contributed by atoms with Crippen LogP contribution in [-0.4, -0.2) is 80.8 Å². The Balaban J connectivity index is 0.000000135. The molecule has 0 bridgehead atoms. The Labute approximate surface area is 502 Å². The Hall–Kier alpha value is -5.35. The number of rotatable bonds is 12.